The summed E-state index contributed by atoms with van der Waals surface area (Å²) in [5.74, 6) is 1.80. The van der Waals surface area contributed by atoms with Crippen LogP contribution < -0.4 is 5.32 Å². The molecule has 2 rings (SSSR count). The topological polar surface area (TPSA) is 49.4 Å². The number of carbonyl (C=O) groups excluding carboxylic acids is 2. The number of thioether (sulfide) groups is 1. The minimum absolute atomic E-state index is 0.0213. The molecule has 0 aromatic heterocycles. The Bertz CT molecular complexity index is 829. The molecule has 168 valence electrons. The SMILES string of the molecule is CCC(C(=O)NCC(C)C)N(Cc1ccccc1Cl)C(=O)CCSCc1ccccc1. The second-order valence-electron chi connectivity index (χ2n) is 7.96. The standard InChI is InChI=1S/C25H33ClN2O2S/c1-4-23(25(30)27-16-19(2)3)28(17-21-12-8-9-13-22(21)26)24(29)14-15-31-18-20-10-6-5-7-11-20/h5-13,19,23H,4,14-18H2,1-3H3,(H,27,30). The molecule has 1 N–H and O–H groups in total. The lowest BCUT2D eigenvalue weighted by atomic mass is 10.1. The monoisotopic (exact) mass is 460 g/mol. The molecule has 0 aliphatic carbocycles. The van der Waals surface area contributed by atoms with Gasteiger partial charge in [0.2, 0.25) is 11.8 Å². The van der Waals surface area contributed by atoms with Gasteiger partial charge in [0.1, 0.15) is 6.04 Å². The summed E-state index contributed by atoms with van der Waals surface area (Å²) in [4.78, 5) is 27.8. The predicted octanol–water partition coefficient (Wildman–Crippen LogP) is 5.54. The highest BCUT2D eigenvalue weighted by molar-refractivity contribution is 7.98. The summed E-state index contributed by atoms with van der Waals surface area (Å²) >= 11 is 8.08. The lowest BCUT2D eigenvalue weighted by molar-refractivity contribution is -0.141. The zero-order valence-corrected chi connectivity index (χ0v) is 20.2. The Labute approximate surface area is 195 Å². The maximum atomic E-state index is 13.2. The molecule has 6 heteroatoms. The molecule has 1 unspecified atom stereocenters. The van der Waals surface area contributed by atoms with Crippen molar-refractivity contribution in [1.82, 2.24) is 10.2 Å². The van der Waals surface area contributed by atoms with Crippen LogP contribution >= 0.6 is 23.4 Å². The molecule has 0 aliphatic heterocycles. The van der Waals surface area contributed by atoms with Crippen molar-refractivity contribution in [2.24, 2.45) is 5.92 Å². The van der Waals surface area contributed by atoms with Crippen molar-refractivity contribution in [3.8, 4) is 0 Å². The number of carbonyl (C=O) groups is 2. The van der Waals surface area contributed by atoms with Crippen LogP contribution in [0.2, 0.25) is 5.02 Å². The van der Waals surface area contributed by atoms with E-state index in [1.807, 2.05) is 49.4 Å². The quantitative estimate of drug-likeness (QED) is 0.423. The fraction of sp³-hybridized carbons (Fsp3) is 0.440. The van der Waals surface area contributed by atoms with E-state index in [1.54, 1.807) is 16.7 Å². The maximum absolute atomic E-state index is 13.2. The third-order valence-corrected chi connectivity index (χ3v) is 6.34. The Kier molecular flexibility index (Phi) is 11.0. The van der Waals surface area contributed by atoms with Gasteiger partial charge in [0, 0.05) is 36.0 Å². The first kappa shape index (κ1) is 25.3. The molecule has 4 nitrogen and oxygen atoms in total. The Balaban J connectivity index is 2.06. The fourth-order valence-electron chi connectivity index (χ4n) is 3.22. The number of nitrogens with zero attached hydrogens (tertiary/aromatic N) is 1. The summed E-state index contributed by atoms with van der Waals surface area (Å²) in [5, 5.41) is 3.59. The molecule has 0 saturated carbocycles. The van der Waals surface area contributed by atoms with E-state index < -0.39 is 6.04 Å². The van der Waals surface area contributed by atoms with Gasteiger partial charge in [0.05, 0.1) is 0 Å². The van der Waals surface area contributed by atoms with E-state index in [1.165, 1.54) is 5.56 Å². The third-order valence-electron chi connectivity index (χ3n) is 4.94. The van der Waals surface area contributed by atoms with E-state index in [4.69, 9.17) is 11.6 Å². The van der Waals surface area contributed by atoms with E-state index in [0.29, 0.717) is 42.6 Å². The van der Waals surface area contributed by atoms with Gasteiger partial charge in [-0.15, -0.1) is 0 Å². The molecule has 0 spiro atoms. The lowest BCUT2D eigenvalue weighted by Crippen LogP contribution is -2.49. The first-order valence-electron chi connectivity index (χ1n) is 10.8. The molecular formula is C25H33ClN2O2S. The first-order valence-corrected chi connectivity index (χ1v) is 12.4. The van der Waals surface area contributed by atoms with Crippen molar-refractivity contribution in [1.29, 1.82) is 0 Å². The average molecular weight is 461 g/mol. The van der Waals surface area contributed by atoms with Crippen LogP contribution in [0.5, 0.6) is 0 Å². The zero-order valence-electron chi connectivity index (χ0n) is 18.6. The number of hydrogen-bond acceptors (Lipinski definition) is 3. The Morgan fingerprint density at radius 1 is 1.06 bits per heavy atom. The molecule has 2 aromatic rings. The summed E-state index contributed by atoms with van der Waals surface area (Å²) in [6.45, 7) is 6.97. The van der Waals surface area contributed by atoms with Crippen LogP contribution in [0.25, 0.3) is 0 Å². The van der Waals surface area contributed by atoms with Crippen molar-refractivity contribution >= 4 is 35.2 Å². The van der Waals surface area contributed by atoms with Gasteiger partial charge < -0.3 is 10.2 Å². The van der Waals surface area contributed by atoms with Crippen LogP contribution in [0.3, 0.4) is 0 Å². The van der Waals surface area contributed by atoms with Gasteiger partial charge in [-0.1, -0.05) is 80.9 Å². The van der Waals surface area contributed by atoms with Crippen LogP contribution in [-0.4, -0.2) is 35.1 Å². The van der Waals surface area contributed by atoms with E-state index in [9.17, 15) is 9.59 Å². The highest BCUT2D eigenvalue weighted by Crippen LogP contribution is 2.21. The summed E-state index contributed by atoms with van der Waals surface area (Å²) < 4.78 is 0. The smallest absolute Gasteiger partial charge is 0.242 e. The van der Waals surface area contributed by atoms with Gasteiger partial charge in [-0.3, -0.25) is 9.59 Å². The van der Waals surface area contributed by atoms with E-state index in [-0.39, 0.29) is 11.8 Å². The highest BCUT2D eigenvalue weighted by atomic mass is 35.5. The van der Waals surface area contributed by atoms with Gasteiger partial charge >= 0.3 is 0 Å². The molecule has 0 bridgehead atoms. The summed E-state index contributed by atoms with van der Waals surface area (Å²) in [6, 6.07) is 17.2. The van der Waals surface area contributed by atoms with Crippen molar-refractivity contribution in [3.05, 3.63) is 70.7 Å². The van der Waals surface area contributed by atoms with Gasteiger partial charge in [0.25, 0.3) is 0 Å². The predicted molar refractivity (Wildman–Crippen MR) is 131 cm³/mol. The molecule has 0 fully saturated rings. The molecule has 0 heterocycles. The van der Waals surface area contributed by atoms with Gasteiger partial charge in [-0.2, -0.15) is 11.8 Å². The molecule has 1 atom stereocenters. The molecule has 0 saturated heterocycles. The van der Waals surface area contributed by atoms with E-state index in [0.717, 1.165) is 11.3 Å². The summed E-state index contributed by atoms with van der Waals surface area (Å²) in [6.07, 6.45) is 0.938. The molecule has 0 radical (unpaired) electrons. The van der Waals surface area contributed by atoms with Crippen LogP contribution in [0, 0.1) is 5.92 Å². The molecule has 31 heavy (non-hydrogen) atoms. The van der Waals surface area contributed by atoms with E-state index in [2.05, 4.69) is 31.3 Å². The third kappa shape index (κ3) is 8.58. The minimum atomic E-state index is -0.512. The minimum Gasteiger partial charge on any atom is -0.354 e. The summed E-state index contributed by atoms with van der Waals surface area (Å²) in [7, 11) is 0. The fourth-order valence-corrected chi connectivity index (χ4v) is 4.31. The van der Waals surface area contributed by atoms with Crippen molar-refractivity contribution in [2.45, 2.75) is 52.0 Å². The van der Waals surface area contributed by atoms with E-state index >= 15 is 0 Å². The molecular weight excluding hydrogens is 428 g/mol. The summed E-state index contributed by atoms with van der Waals surface area (Å²) in [5.41, 5.74) is 2.09. The van der Waals surface area contributed by atoms with Crippen LogP contribution in [0.1, 0.15) is 44.7 Å². The van der Waals surface area contributed by atoms with Gasteiger partial charge in [-0.05, 0) is 29.5 Å². The number of benzene rings is 2. The van der Waals surface area contributed by atoms with Gasteiger partial charge in [-0.25, -0.2) is 0 Å². The lowest BCUT2D eigenvalue weighted by Gasteiger charge is -2.31. The number of amides is 2. The van der Waals surface area contributed by atoms with Crippen molar-refractivity contribution in [2.75, 3.05) is 12.3 Å². The largest absolute Gasteiger partial charge is 0.354 e. The first-order chi connectivity index (χ1) is 14.9. The van der Waals surface area contributed by atoms with Crippen LogP contribution in [-0.2, 0) is 21.9 Å². The van der Waals surface area contributed by atoms with Crippen molar-refractivity contribution < 1.29 is 9.59 Å². The average Bonchev–Trinajstić information content (AvgIpc) is 2.77. The normalized spacial score (nSPS) is 11.9. The number of nitrogens with one attached hydrogen (secondary N) is 1. The Morgan fingerprint density at radius 2 is 1.74 bits per heavy atom. The molecule has 0 aliphatic rings. The zero-order chi connectivity index (χ0) is 22.6. The number of hydrogen-bond donors (Lipinski definition) is 1. The second-order valence-corrected chi connectivity index (χ2v) is 9.48. The van der Waals surface area contributed by atoms with Crippen molar-refractivity contribution in [3.63, 3.8) is 0 Å². The second kappa shape index (κ2) is 13.4. The number of halogens is 1. The number of rotatable bonds is 12. The maximum Gasteiger partial charge on any atom is 0.242 e. The van der Waals surface area contributed by atoms with Crippen LogP contribution in [0.4, 0.5) is 0 Å². The van der Waals surface area contributed by atoms with Crippen LogP contribution in [0.15, 0.2) is 54.6 Å². The molecule has 2 amide bonds. The Hall–Kier alpha value is -1.98. The molecule has 2 aromatic carbocycles. The highest BCUT2D eigenvalue weighted by Gasteiger charge is 2.28. The van der Waals surface area contributed by atoms with Gasteiger partial charge in [0.15, 0.2) is 0 Å². The Morgan fingerprint density at radius 3 is 2.39 bits per heavy atom.